The van der Waals surface area contributed by atoms with Gasteiger partial charge in [0, 0.05) is 17.9 Å². The standard InChI is InChI=1S/C13H18O3/c1-8-4-10-6-16-7-12(10)9(2)5-11(8)13(14)15-3/h10,12H,2,4-7H2,1,3H3. The van der Waals surface area contributed by atoms with Gasteiger partial charge in [-0.15, -0.1) is 0 Å². The Morgan fingerprint density at radius 1 is 1.50 bits per heavy atom. The van der Waals surface area contributed by atoms with Gasteiger partial charge in [0.05, 0.1) is 20.3 Å². The minimum absolute atomic E-state index is 0.209. The number of methoxy groups -OCH3 is 1. The van der Waals surface area contributed by atoms with Gasteiger partial charge < -0.3 is 9.47 Å². The van der Waals surface area contributed by atoms with E-state index in [-0.39, 0.29) is 5.97 Å². The fraction of sp³-hybridized carbons (Fsp3) is 0.615. The molecule has 3 nitrogen and oxygen atoms in total. The fourth-order valence-corrected chi connectivity index (χ4v) is 2.65. The maximum Gasteiger partial charge on any atom is 0.333 e. The third-order valence-electron chi connectivity index (χ3n) is 3.64. The first-order valence-electron chi connectivity index (χ1n) is 5.65. The molecule has 0 aromatic carbocycles. The third kappa shape index (κ3) is 1.92. The second-order valence-corrected chi connectivity index (χ2v) is 4.69. The molecule has 1 aliphatic heterocycles. The van der Waals surface area contributed by atoms with Crippen LogP contribution in [0.15, 0.2) is 23.3 Å². The average Bonchev–Trinajstić information content (AvgIpc) is 2.68. The molecule has 0 bridgehead atoms. The minimum atomic E-state index is -0.209. The number of hydrogen-bond acceptors (Lipinski definition) is 3. The van der Waals surface area contributed by atoms with Crippen molar-refractivity contribution in [2.75, 3.05) is 20.3 Å². The predicted molar refractivity (Wildman–Crippen MR) is 60.9 cm³/mol. The molecule has 2 unspecified atom stereocenters. The van der Waals surface area contributed by atoms with E-state index in [0.717, 1.165) is 36.4 Å². The van der Waals surface area contributed by atoms with E-state index < -0.39 is 0 Å². The molecule has 2 aliphatic rings. The molecule has 1 fully saturated rings. The van der Waals surface area contributed by atoms with Crippen LogP contribution < -0.4 is 0 Å². The Hall–Kier alpha value is -1.09. The van der Waals surface area contributed by atoms with Crippen molar-refractivity contribution in [2.45, 2.75) is 19.8 Å². The molecule has 88 valence electrons. The lowest BCUT2D eigenvalue weighted by molar-refractivity contribution is -0.136. The van der Waals surface area contributed by atoms with Crippen molar-refractivity contribution in [3.63, 3.8) is 0 Å². The van der Waals surface area contributed by atoms with Crippen LogP contribution in [0.3, 0.4) is 0 Å². The van der Waals surface area contributed by atoms with E-state index in [9.17, 15) is 4.79 Å². The van der Waals surface area contributed by atoms with Crippen molar-refractivity contribution in [3.05, 3.63) is 23.3 Å². The highest BCUT2D eigenvalue weighted by Gasteiger charge is 2.34. The summed E-state index contributed by atoms with van der Waals surface area (Å²) in [4.78, 5) is 11.6. The Kier molecular flexibility index (Phi) is 3.15. The molecule has 0 aromatic rings. The highest BCUT2D eigenvalue weighted by molar-refractivity contribution is 5.89. The van der Waals surface area contributed by atoms with E-state index in [2.05, 4.69) is 6.58 Å². The maximum absolute atomic E-state index is 11.6. The zero-order chi connectivity index (χ0) is 11.7. The Balaban J connectivity index is 2.26. The summed E-state index contributed by atoms with van der Waals surface area (Å²) in [5.74, 6) is 0.700. The van der Waals surface area contributed by atoms with Crippen molar-refractivity contribution in [3.8, 4) is 0 Å². The molecule has 2 atom stereocenters. The molecular formula is C13H18O3. The van der Waals surface area contributed by atoms with Crippen molar-refractivity contribution in [1.29, 1.82) is 0 Å². The number of fused-ring (bicyclic) bond motifs is 1. The first kappa shape index (κ1) is 11.4. The lowest BCUT2D eigenvalue weighted by Crippen LogP contribution is -2.12. The number of rotatable bonds is 1. The molecular weight excluding hydrogens is 204 g/mol. The summed E-state index contributed by atoms with van der Waals surface area (Å²) in [7, 11) is 1.43. The number of hydrogen-bond donors (Lipinski definition) is 0. The Morgan fingerprint density at radius 2 is 2.25 bits per heavy atom. The topological polar surface area (TPSA) is 35.5 Å². The summed E-state index contributed by atoms with van der Waals surface area (Å²) in [6.07, 6.45) is 1.57. The summed E-state index contributed by atoms with van der Waals surface area (Å²) < 4.78 is 10.3. The molecule has 2 rings (SSSR count). The van der Waals surface area contributed by atoms with Crippen LogP contribution >= 0.6 is 0 Å². The molecule has 0 amide bonds. The van der Waals surface area contributed by atoms with Gasteiger partial charge in [-0.1, -0.05) is 17.7 Å². The molecule has 1 heterocycles. The lowest BCUT2D eigenvalue weighted by Gasteiger charge is -2.15. The van der Waals surface area contributed by atoms with Gasteiger partial charge in [0.15, 0.2) is 0 Å². The Morgan fingerprint density at radius 3 is 2.94 bits per heavy atom. The van der Waals surface area contributed by atoms with E-state index in [1.807, 2.05) is 6.92 Å². The molecule has 16 heavy (non-hydrogen) atoms. The van der Waals surface area contributed by atoms with Gasteiger partial charge in [0.25, 0.3) is 0 Å². The average molecular weight is 222 g/mol. The number of ether oxygens (including phenoxy) is 2. The van der Waals surface area contributed by atoms with Gasteiger partial charge in [0.1, 0.15) is 0 Å². The molecule has 3 heteroatoms. The first-order valence-corrected chi connectivity index (χ1v) is 5.65. The van der Waals surface area contributed by atoms with Gasteiger partial charge in [0.2, 0.25) is 0 Å². The van der Waals surface area contributed by atoms with Crippen LogP contribution in [0.2, 0.25) is 0 Å². The number of esters is 1. The van der Waals surface area contributed by atoms with Gasteiger partial charge in [-0.05, 0) is 19.3 Å². The Labute approximate surface area is 96.1 Å². The van der Waals surface area contributed by atoms with Gasteiger partial charge in [-0.25, -0.2) is 4.79 Å². The van der Waals surface area contributed by atoms with E-state index in [4.69, 9.17) is 9.47 Å². The van der Waals surface area contributed by atoms with Crippen LogP contribution in [-0.2, 0) is 14.3 Å². The summed E-state index contributed by atoms with van der Waals surface area (Å²) >= 11 is 0. The summed E-state index contributed by atoms with van der Waals surface area (Å²) in [6, 6.07) is 0. The smallest absolute Gasteiger partial charge is 0.333 e. The molecule has 0 spiro atoms. The largest absolute Gasteiger partial charge is 0.466 e. The highest BCUT2D eigenvalue weighted by Crippen LogP contribution is 2.38. The predicted octanol–water partition coefficient (Wildman–Crippen LogP) is 2.09. The van der Waals surface area contributed by atoms with E-state index in [1.165, 1.54) is 7.11 Å². The van der Waals surface area contributed by atoms with Crippen LogP contribution in [0, 0.1) is 11.8 Å². The zero-order valence-corrected chi connectivity index (χ0v) is 9.91. The fourth-order valence-electron chi connectivity index (χ4n) is 2.65. The second-order valence-electron chi connectivity index (χ2n) is 4.69. The van der Waals surface area contributed by atoms with Gasteiger partial charge in [-0.2, -0.15) is 0 Å². The lowest BCUT2D eigenvalue weighted by atomic mass is 9.87. The molecule has 0 radical (unpaired) electrons. The SMILES string of the molecule is C=C1CC(C(=O)OC)=C(C)CC2COCC12. The third-order valence-corrected chi connectivity index (χ3v) is 3.64. The monoisotopic (exact) mass is 222 g/mol. The summed E-state index contributed by atoms with van der Waals surface area (Å²) in [5.41, 5.74) is 3.03. The van der Waals surface area contributed by atoms with E-state index in [1.54, 1.807) is 0 Å². The van der Waals surface area contributed by atoms with Crippen LogP contribution in [-0.4, -0.2) is 26.3 Å². The van der Waals surface area contributed by atoms with Crippen LogP contribution in [0.25, 0.3) is 0 Å². The Bertz CT molecular complexity index is 354. The minimum Gasteiger partial charge on any atom is -0.466 e. The number of carbonyl (C=O) groups excluding carboxylic acids is 1. The highest BCUT2D eigenvalue weighted by atomic mass is 16.5. The first-order chi connectivity index (χ1) is 7.63. The summed E-state index contributed by atoms with van der Waals surface area (Å²) in [5, 5.41) is 0. The van der Waals surface area contributed by atoms with Gasteiger partial charge >= 0.3 is 5.97 Å². The van der Waals surface area contributed by atoms with Gasteiger partial charge in [-0.3, -0.25) is 0 Å². The molecule has 1 saturated heterocycles. The van der Waals surface area contributed by atoms with Crippen LogP contribution in [0.4, 0.5) is 0 Å². The normalized spacial score (nSPS) is 30.0. The quantitative estimate of drug-likeness (QED) is 0.503. The zero-order valence-electron chi connectivity index (χ0n) is 9.91. The number of carbonyl (C=O) groups is 1. The molecule has 0 saturated carbocycles. The van der Waals surface area contributed by atoms with Crippen LogP contribution in [0.1, 0.15) is 19.8 Å². The maximum atomic E-state index is 11.6. The second kappa shape index (κ2) is 4.42. The number of allylic oxidation sites excluding steroid dienone is 1. The van der Waals surface area contributed by atoms with E-state index >= 15 is 0 Å². The molecule has 0 N–H and O–H groups in total. The van der Waals surface area contributed by atoms with Crippen molar-refractivity contribution < 1.29 is 14.3 Å². The molecule has 0 aromatic heterocycles. The van der Waals surface area contributed by atoms with Crippen molar-refractivity contribution >= 4 is 5.97 Å². The van der Waals surface area contributed by atoms with E-state index in [0.29, 0.717) is 18.3 Å². The van der Waals surface area contributed by atoms with Crippen molar-refractivity contribution in [2.24, 2.45) is 11.8 Å². The summed E-state index contributed by atoms with van der Waals surface area (Å²) in [6.45, 7) is 7.65. The van der Waals surface area contributed by atoms with Crippen LogP contribution in [0.5, 0.6) is 0 Å². The molecule has 1 aliphatic carbocycles. The van der Waals surface area contributed by atoms with Crippen molar-refractivity contribution in [1.82, 2.24) is 0 Å².